The van der Waals surface area contributed by atoms with Crippen LogP contribution < -0.4 is 5.32 Å². The van der Waals surface area contributed by atoms with Crippen molar-refractivity contribution < 1.29 is 0 Å². The van der Waals surface area contributed by atoms with Crippen LogP contribution in [0.5, 0.6) is 0 Å². The minimum atomic E-state index is 0.595. The van der Waals surface area contributed by atoms with Crippen LogP contribution in [-0.2, 0) is 20.0 Å². The number of benzene rings is 1. The summed E-state index contributed by atoms with van der Waals surface area (Å²) in [5, 5.41) is 7.67. The van der Waals surface area contributed by atoms with Crippen molar-refractivity contribution in [1.82, 2.24) is 20.1 Å². The van der Waals surface area contributed by atoms with E-state index in [4.69, 9.17) is 0 Å². The molecule has 0 radical (unpaired) electrons. The average molecular weight is 258 g/mol. The molecule has 1 aromatic heterocycles. The first kappa shape index (κ1) is 13.7. The number of aromatic nitrogens is 3. The molecular formula is C15H22N4. The van der Waals surface area contributed by atoms with Gasteiger partial charge in [0.05, 0.1) is 0 Å². The molecule has 0 atom stereocenters. The summed E-state index contributed by atoms with van der Waals surface area (Å²) in [5.74, 6) is 1.49. The Bertz CT molecular complexity index is 499. The third-order valence-electron chi connectivity index (χ3n) is 3.15. The lowest BCUT2D eigenvalue weighted by Gasteiger charge is -2.07. The van der Waals surface area contributed by atoms with Crippen molar-refractivity contribution in [1.29, 1.82) is 0 Å². The van der Waals surface area contributed by atoms with Crippen LogP contribution in [0.15, 0.2) is 30.6 Å². The van der Waals surface area contributed by atoms with E-state index in [0.717, 1.165) is 25.3 Å². The molecule has 1 heterocycles. The molecule has 4 heteroatoms. The van der Waals surface area contributed by atoms with Gasteiger partial charge in [0.1, 0.15) is 6.33 Å². The molecule has 0 saturated heterocycles. The van der Waals surface area contributed by atoms with Gasteiger partial charge in [-0.15, -0.1) is 0 Å². The quantitative estimate of drug-likeness (QED) is 0.808. The zero-order valence-electron chi connectivity index (χ0n) is 11.9. The van der Waals surface area contributed by atoms with E-state index in [-0.39, 0.29) is 0 Å². The molecule has 1 N–H and O–H groups in total. The molecular weight excluding hydrogens is 236 g/mol. The molecule has 0 aliphatic heterocycles. The van der Waals surface area contributed by atoms with E-state index >= 15 is 0 Å². The van der Waals surface area contributed by atoms with Gasteiger partial charge >= 0.3 is 0 Å². The molecule has 0 spiro atoms. The van der Waals surface area contributed by atoms with E-state index in [0.29, 0.717) is 5.92 Å². The number of nitrogens with one attached hydrogen (secondary N) is 1. The normalized spacial score (nSPS) is 11.2. The fourth-order valence-electron chi connectivity index (χ4n) is 1.95. The lowest BCUT2D eigenvalue weighted by molar-refractivity contribution is 0.661. The number of hydrogen-bond acceptors (Lipinski definition) is 3. The van der Waals surface area contributed by atoms with Crippen molar-refractivity contribution in [2.75, 3.05) is 6.54 Å². The number of rotatable bonds is 6. The summed E-state index contributed by atoms with van der Waals surface area (Å²) in [4.78, 5) is 4.20. The van der Waals surface area contributed by atoms with Crippen molar-refractivity contribution in [3.63, 3.8) is 0 Å². The van der Waals surface area contributed by atoms with E-state index in [9.17, 15) is 0 Å². The number of hydrogen-bond donors (Lipinski definition) is 1. The largest absolute Gasteiger partial charge is 0.312 e. The Balaban J connectivity index is 1.73. The van der Waals surface area contributed by atoms with Gasteiger partial charge in [-0.05, 0) is 17.0 Å². The van der Waals surface area contributed by atoms with Crippen molar-refractivity contribution in [3.05, 3.63) is 47.5 Å². The van der Waals surface area contributed by atoms with Gasteiger partial charge in [-0.25, -0.2) is 4.98 Å². The van der Waals surface area contributed by atoms with Crippen LogP contribution in [-0.4, -0.2) is 21.3 Å². The highest BCUT2D eigenvalue weighted by Gasteiger charge is 2.00. The van der Waals surface area contributed by atoms with Crippen LogP contribution in [0, 0.1) is 0 Å². The Labute approximate surface area is 114 Å². The Morgan fingerprint density at radius 1 is 1.21 bits per heavy atom. The topological polar surface area (TPSA) is 42.7 Å². The predicted molar refractivity (Wildman–Crippen MR) is 76.9 cm³/mol. The third kappa shape index (κ3) is 4.17. The van der Waals surface area contributed by atoms with Crippen molar-refractivity contribution in [2.45, 2.75) is 32.7 Å². The zero-order chi connectivity index (χ0) is 13.7. The summed E-state index contributed by atoms with van der Waals surface area (Å²) >= 11 is 0. The van der Waals surface area contributed by atoms with Crippen LogP contribution in [0.3, 0.4) is 0 Å². The maximum absolute atomic E-state index is 4.25. The molecule has 4 nitrogen and oxygen atoms in total. The van der Waals surface area contributed by atoms with Gasteiger partial charge in [-0.2, -0.15) is 5.10 Å². The summed E-state index contributed by atoms with van der Waals surface area (Å²) in [6, 6.07) is 8.81. The highest BCUT2D eigenvalue weighted by molar-refractivity contribution is 5.24. The van der Waals surface area contributed by atoms with Gasteiger partial charge in [-0.1, -0.05) is 38.1 Å². The summed E-state index contributed by atoms with van der Waals surface area (Å²) in [6.45, 7) is 6.22. The van der Waals surface area contributed by atoms with E-state index in [1.54, 1.807) is 11.0 Å². The van der Waals surface area contributed by atoms with E-state index in [2.05, 4.69) is 53.5 Å². The monoisotopic (exact) mass is 258 g/mol. The molecule has 0 saturated carbocycles. The van der Waals surface area contributed by atoms with Crippen LogP contribution in [0.1, 0.15) is 36.7 Å². The second-order valence-electron chi connectivity index (χ2n) is 5.16. The fraction of sp³-hybridized carbons (Fsp3) is 0.467. The van der Waals surface area contributed by atoms with Crippen molar-refractivity contribution in [2.24, 2.45) is 7.05 Å². The van der Waals surface area contributed by atoms with Crippen LogP contribution in [0.25, 0.3) is 0 Å². The molecule has 2 aromatic rings. The average Bonchev–Trinajstić information content (AvgIpc) is 2.81. The van der Waals surface area contributed by atoms with Crippen LogP contribution in [0.2, 0.25) is 0 Å². The van der Waals surface area contributed by atoms with Gasteiger partial charge in [-0.3, -0.25) is 4.68 Å². The maximum Gasteiger partial charge on any atom is 0.151 e. The van der Waals surface area contributed by atoms with E-state index in [1.807, 2.05) is 7.05 Å². The molecule has 0 amide bonds. The van der Waals surface area contributed by atoms with Gasteiger partial charge in [0.15, 0.2) is 5.82 Å². The molecule has 0 aliphatic carbocycles. The van der Waals surface area contributed by atoms with Gasteiger partial charge in [0.25, 0.3) is 0 Å². The second-order valence-corrected chi connectivity index (χ2v) is 5.16. The van der Waals surface area contributed by atoms with Crippen LogP contribution >= 0.6 is 0 Å². The number of nitrogens with zero attached hydrogens (tertiary/aromatic N) is 3. The highest BCUT2D eigenvalue weighted by atomic mass is 15.3. The SMILES string of the molecule is CC(C)c1ccc(CNCCc2ncn(C)n2)cc1. The highest BCUT2D eigenvalue weighted by Crippen LogP contribution is 2.14. The summed E-state index contributed by atoms with van der Waals surface area (Å²) in [7, 11) is 1.89. The van der Waals surface area contributed by atoms with Gasteiger partial charge < -0.3 is 5.32 Å². The molecule has 0 aliphatic rings. The fourth-order valence-corrected chi connectivity index (χ4v) is 1.95. The molecule has 0 bridgehead atoms. The van der Waals surface area contributed by atoms with Gasteiger partial charge in [0, 0.05) is 26.6 Å². The number of aryl methyl sites for hydroxylation is 1. The molecule has 19 heavy (non-hydrogen) atoms. The molecule has 0 fully saturated rings. The van der Waals surface area contributed by atoms with Gasteiger partial charge in [0.2, 0.25) is 0 Å². The maximum atomic E-state index is 4.25. The summed E-state index contributed by atoms with van der Waals surface area (Å²) in [6.07, 6.45) is 2.60. The Kier molecular flexibility index (Phi) is 4.68. The Hall–Kier alpha value is -1.68. The van der Waals surface area contributed by atoms with Crippen LogP contribution in [0.4, 0.5) is 0 Å². The lowest BCUT2D eigenvalue weighted by Crippen LogP contribution is -2.17. The smallest absolute Gasteiger partial charge is 0.151 e. The van der Waals surface area contributed by atoms with E-state index in [1.165, 1.54) is 11.1 Å². The second kappa shape index (κ2) is 6.48. The molecule has 102 valence electrons. The first-order valence-electron chi connectivity index (χ1n) is 6.79. The first-order chi connectivity index (χ1) is 9.15. The lowest BCUT2D eigenvalue weighted by atomic mass is 10.0. The molecule has 2 rings (SSSR count). The minimum absolute atomic E-state index is 0.595. The predicted octanol–water partition coefficient (Wildman–Crippen LogP) is 2.27. The summed E-state index contributed by atoms with van der Waals surface area (Å²) in [5.41, 5.74) is 2.71. The Morgan fingerprint density at radius 2 is 1.95 bits per heavy atom. The van der Waals surface area contributed by atoms with Crippen molar-refractivity contribution in [3.8, 4) is 0 Å². The van der Waals surface area contributed by atoms with Crippen molar-refractivity contribution >= 4 is 0 Å². The first-order valence-corrected chi connectivity index (χ1v) is 6.79. The third-order valence-corrected chi connectivity index (χ3v) is 3.15. The molecule has 0 unspecified atom stereocenters. The summed E-state index contributed by atoms with van der Waals surface area (Å²) < 4.78 is 1.74. The standard InChI is InChI=1S/C15H22N4/c1-12(2)14-6-4-13(5-7-14)10-16-9-8-15-17-11-19(3)18-15/h4-7,11-12,16H,8-10H2,1-3H3. The molecule has 1 aromatic carbocycles. The minimum Gasteiger partial charge on any atom is -0.312 e. The zero-order valence-corrected chi connectivity index (χ0v) is 11.9. The van der Waals surface area contributed by atoms with E-state index < -0.39 is 0 Å². The Morgan fingerprint density at radius 3 is 2.53 bits per heavy atom.